The fourth-order valence-corrected chi connectivity index (χ4v) is 3.83. The van der Waals surface area contributed by atoms with Crippen LogP contribution in [0.1, 0.15) is 40.2 Å². The van der Waals surface area contributed by atoms with Gasteiger partial charge in [-0.15, -0.1) is 0 Å². The summed E-state index contributed by atoms with van der Waals surface area (Å²) in [4.78, 5) is 22.2. The highest BCUT2D eigenvalue weighted by Crippen LogP contribution is 2.35. The van der Waals surface area contributed by atoms with Crippen LogP contribution in [0.15, 0.2) is 42.9 Å². The Hall–Kier alpha value is -2.82. The first kappa shape index (κ1) is 16.6. The highest BCUT2D eigenvalue weighted by atomic mass is 16.5. The number of fused-ring (bicyclic) bond motifs is 1. The van der Waals surface area contributed by atoms with Gasteiger partial charge in [0.1, 0.15) is 5.75 Å². The summed E-state index contributed by atoms with van der Waals surface area (Å²) in [5, 5.41) is 1.22. The Morgan fingerprint density at radius 1 is 1.23 bits per heavy atom. The first-order chi connectivity index (χ1) is 12.7. The molecule has 3 aromatic rings. The van der Waals surface area contributed by atoms with E-state index in [9.17, 15) is 4.79 Å². The van der Waals surface area contributed by atoms with Crippen molar-refractivity contribution in [3.63, 3.8) is 0 Å². The highest BCUT2D eigenvalue weighted by Gasteiger charge is 2.26. The van der Waals surface area contributed by atoms with E-state index in [1.807, 2.05) is 24.0 Å². The smallest absolute Gasteiger partial charge is 0.255 e. The second kappa shape index (κ2) is 6.83. The van der Waals surface area contributed by atoms with E-state index in [4.69, 9.17) is 4.74 Å². The minimum Gasteiger partial charge on any atom is -0.497 e. The van der Waals surface area contributed by atoms with E-state index < -0.39 is 0 Å². The average Bonchev–Trinajstić information content (AvgIpc) is 3.10. The van der Waals surface area contributed by atoms with Crippen molar-refractivity contribution in [2.75, 3.05) is 20.2 Å². The van der Waals surface area contributed by atoms with E-state index in [0.717, 1.165) is 42.8 Å². The van der Waals surface area contributed by atoms with Crippen molar-refractivity contribution in [2.24, 2.45) is 0 Å². The number of piperidine rings is 1. The average molecular weight is 349 g/mol. The Morgan fingerprint density at radius 2 is 2.04 bits per heavy atom. The van der Waals surface area contributed by atoms with Gasteiger partial charge in [0.25, 0.3) is 5.91 Å². The zero-order chi connectivity index (χ0) is 18.1. The van der Waals surface area contributed by atoms with Gasteiger partial charge in [-0.3, -0.25) is 9.78 Å². The molecule has 0 aliphatic carbocycles. The number of methoxy groups -OCH3 is 1. The quantitative estimate of drug-likeness (QED) is 0.780. The highest BCUT2D eigenvalue weighted by molar-refractivity contribution is 5.94. The lowest BCUT2D eigenvalue weighted by atomic mass is 9.89. The third-order valence-electron chi connectivity index (χ3n) is 5.26. The number of H-pyrrole nitrogens is 1. The van der Waals surface area contributed by atoms with Gasteiger partial charge in [0.2, 0.25) is 0 Å². The van der Waals surface area contributed by atoms with Gasteiger partial charge in [0.15, 0.2) is 0 Å². The fraction of sp³-hybridized carbons (Fsp3) is 0.333. The summed E-state index contributed by atoms with van der Waals surface area (Å²) >= 11 is 0. The second-order valence-electron chi connectivity index (χ2n) is 6.97. The predicted octanol–water partition coefficient (Wildman–Crippen LogP) is 3.90. The normalized spacial score (nSPS) is 15.4. The Morgan fingerprint density at radius 3 is 2.77 bits per heavy atom. The third kappa shape index (κ3) is 3.05. The topological polar surface area (TPSA) is 58.2 Å². The molecule has 4 rings (SSSR count). The largest absolute Gasteiger partial charge is 0.497 e. The van der Waals surface area contributed by atoms with E-state index in [0.29, 0.717) is 11.5 Å². The molecular weight excluding hydrogens is 326 g/mol. The summed E-state index contributed by atoms with van der Waals surface area (Å²) in [7, 11) is 1.69. The van der Waals surface area contributed by atoms with Gasteiger partial charge < -0.3 is 14.6 Å². The van der Waals surface area contributed by atoms with Gasteiger partial charge in [0.05, 0.1) is 12.7 Å². The number of pyridine rings is 1. The molecule has 1 aliphatic rings. The van der Waals surface area contributed by atoms with Crippen LogP contribution in [-0.2, 0) is 0 Å². The van der Waals surface area contributed by atoms with Crippen molar-refractivity contribution in [3.05, 3.63) is 59.5 Å². The number of carbonyl (C=O) groups is 1. The number of hydrogen-bond donors (Lipinski definition) is 1. The number of aryl methyl sites for hydroxylation is 1. The third-order valence-corrected chi connectivity index (χ3v) is 5.26. The number of nitrogens with zero attached hydrogens (tertiary/aromatic N) is 2. The van der Waals surface area contributed by atoms with Crippen LogP contribution >= 0.6 is 0 Å². The van der Waals surface area contributed by atoms with Crippen molar-refractivity contribution in [3.8, 4) is 5.75 Å². The molecule has 134 valence electrons. The van der Waals surface area contributed by atoms with Crippen LogP contribution in [0.3, 0.4) is 0 Å². The zero-order valence-electron chi connectivity index (χ0n) is 15.2. The van der Waals surface area contributed by atoms with Crippen molar-refractivity contribution >= 4 is 16.8 Å². The summed E-state index contributed by atoms with van der Waals surface area (Å²) in [5.74, 6) is 1.41. The second-order valence-corrected chi connectivity index (χ2v) is 6.97. The lowest BCUT2D eigenvalue weighted by molar-refractivity contribution is 0.0713. The number of carbonyl (C=O) groups excluding carboxylic acids is 1. The minimum atomic E-state index is 0.0836. The maximum atomic E-state index is 12.7. The van der Waals surface area contributed by atoms with Gasteiger partial charge >= 0.3 is 0 Å². The van der Waals surface area contributed by atoms with E-state index in [-0.39, 0.29) is 5.91 Å². The maximum absolute atomic E-state index is 12.7. The standard InChI is InChI=1S/C21H23N3O2/c1-14-9-16(12-22-11-14)21(25)24-7-5-15(6-8-24)19-13-23-20-4-3-17(26-2)10-18(19)20/h3-4,9-13,15,23H,5-8H2,1-2H3. The number of likely N-dealkylation sites (tertiary alicyclic amines) is 1. The molecule has 1 aromatic carbocycles. The number of ether oxygens (including phenoxy) is 1. The van der Waals surface area contributed by atoms with Gasteiger partial charge in [-0.2, -0.15) is 0 Å². The van der Waals surface area contributed by atoms with Gasteiger partial charge in [-0.1, -0.05) is 0 Å². The molecular formula is C21H23N3O2. The van der Waals surface area contributed by atoms with Crippen LogP contribution in [0.5, 0.6) is 5.75 Å². The van der Waals surface area contributed by atoms with Gasteiger partial charge in [-0.25, -0.2) is 0 Å². The summed E-state index contributed by atoms with van der Waals surface area (Å²) in [6.07, 6.45) is 7.47. The van der Waals surface area contributed by atoms with Crippen LogP contribution < -0.4 is 4.74 Å². The zero-order valence-corrected chi connectivity index (χ0v) is 15.2. The monoisotopic (exact) mass is 349 g/mol. The molecule has 1 amide bonds. The van der Waals surface area contributed by atoms with Crippen LogP contribution in [0.4, 0.5) is 0 Å². The lowest BCUT2D eigenvalue weighted by Crippen LogP contribution is -2.38. The van der Waals surface area contributed by atoms with Crippen LogP contribution in [0.2, 0.25) is 0 Å². The van der Waals surface area contributed by atoms with Crippen molar-refractivity contribution in [1.82, 2.24) is 14.9 Å². The van der Waals surface area contributed by atoms with E-state index in [1.165, 1.54) is 10.9 Å². The van der Waals surface area contributed by atoms with Crippen LogP contribution in [0, 0.1) is 6.92 Å². The molecule has 5 heteroatoms. The first-order valence-corrected chi connectivity index (χ1v) is 9.01. The number of hydrogen-bond acceptors (Lipinski definition) is 3. The Balaban J connectivity index is 1.49. The predicted molar refractivity (Wildman–Crippen MR) is 102 cm³/mol. The van der Waals surface area contributed by atoms with Crippen molar-refractivity contribution < 1.29 is 9.53 Å². The number of rotatable bonds is 3. The molecule has 3 heterocycles. The summed E-state index contributed by atoms with van der Waals surface area (Å²) < 4.78 is 5.37. The van der Waals surface area contributed by atoms with Gasteiger partial charge in [0, 0.05) is 42.6 Å². The SMILES string of the molecule is COc1ccc2[nH]cc(C3CCN(C(=O)c4cncc(C)c4)CC3)c2c1. The first-order valence-electron chi connectivity index (χ1n) is 9.01. The van der Waals surface area contributed by atoms with Crippen LogP contribution in [-0.4, -0.2) is 41.0 Å². The lowest BCUT2D eigenvalue weighted by Gasteiger charge is -2.32. The molecule has 26 heavy (non-hydrogen) atoms. The number of benzene rings is 1. The summed E-state index contributed by atoms with van der Waals surface area (Å²) in [6, 6.07) is 8.03. The minimum absolute atomic E-state index is 0.0836. The molecule has 2 aromatic heterocycles. The molecule has 0 spiro atoms. The number of nitrogens with one attached hydrogen (secondary N) is 1. The van der Waals surface area contributed by atoms with Crippen molar-refractivity contribution in [1.29, 1.82) is 0 Å². The number of amides is 1. The fourth-order valence-electron chi connectivity index (χ4n) is 3.83. The molecule has 1 saturated heterocycles. The van der Waals surface area contributed by atoms with Crippen molar-refractivity contribution in [2.45, 2.75) is 25.7 Å². The van der Waals surface area contributed by atoms with Crippen LogP contribution in [0.25, 0.3) is 10.9 Å². The number of aromatic nitrogens is 2. The molecule has 1 N–H and O–H groups in total. The van der Waals surface area contributed by atoms with E-state index in [2.05, 4.69) is 28.3 Å². The molecule has 0 atom stereocenters. The van der Waals surface area contributed by atoms with E-state index >= 15 is 0 Å². The molecule has 5 nitrogen and oxygen atoms in total. The molecule has 0 unspecified atom stereocenters. The van der Waals surface area contributed by atoms with E-state index in [1.54, 1.807) is 19.5 Å². The van der Waals surface area contributed by atoms with Gasteiger partial charge in [-0.05, 0) is 61.1 Å². The summed E-state index contributed by atoms with van der Waals surface area (Å²) in [6.45, 7) is 3.50. The Labute approximate surface area is 153 Å². The molecule has 1 aliphatic heterocycles. The molecule has 1 fully saturated rings. The number of aromatic amines is 1. The molecule has 0 radical (unpaired) electrons. The molecule has 0 saturated carbocycles. The Bertz CT molecular complexity index is 939. The Kier molecular flexibility index (Phi) is 4.37. The summed E-state index contributed by atoms with van der Waals surface area (Å²) in [5.41, 5.74) is 4.15. The maximum Gasteiger partial charge on any atom is 0.255 e. The molecule has 0 bridgehead atoms.